The summed E-state index contributed by atoms with van der Waals surface area (Å²) in [6.07, 6.45) is 0. The highest BCUT2D eigenvalue weighted by molar-refractivity contribution is 7.88. The summed E-state index contributed by atoms with van der Waals surface area (Å²) in [4.78, 5) is 0. The van der Waals surface area contributed by atoms with Gasteiger partial charge in [-0.3, -0.25) is 0 Å². The van der Waals surface area contributed by atoms with Crippen molar-refractivity contribution in [2.24, 2.45) is 5.73 Å². The minimum atomic E-state index is -3.25. The van der Waals surface area contributed by atoms with E-state index in [4.69, 9.17) is 5.73 Å². The maximum Gasteiger partial charge on any atom is 0.216 e. The largest absolute Gasteiger partial charge is 0.326 e. The molecule has 4 nitrogen and oxygen atoms in total. The van der Waals surface area contributed by atoms with Crippen molar-refractivity contribution >= 4 is 10.0 Å². The first-order valence-electron chi connectivity index (χ1n) is 5.21. The topological polar surface area (TPSA) is 72.2 Å². The minimum absolute atomic E-state index is 0.000972. The molecule has 0 aromatic heterocycles. The van der Waals surface area contributed by atoms with Gasteiger partial charge >= 0.3 is 0 Å². The Balaban J connectivity index is 2.80. The van der Waals surface area contributed by atoms with Crippen molar-refractivity contribution in [1.29, 1.82) is 0 Å². The summed E-state index contributed by atoms with van der Waals surface area (Å²) in [6, 6.07) is 7.23. The highest BCUT2D eigenvalue weighted by Gasteiger charge is 2.12. The average molecular weight is 242 g/mol. The van der Waals surface area contributed by atoms with Gasteiger partial charge in [-0.1, -0.05) is 24.3 Å². The van der Waals surface area contributed by atoms with E-state index in [1.54, 1.807) is 19.9 Å². The zero-order valence-electron chi connectivity index (χ0n) is 9.60. The molecule has 90 valence electrons. The molecule has 1 rings (SSSR count). The first-order chi connectivity index (χ1) is 7.43. The number of nitrogens with two attached hydrogens (primary N) is 1. The molecular weight excluding hydrogens is 224 g/mol. The maximum atomic E-state index is 11.7. The number of hydrogen-bond donors (Lipinski definition) is 2. The summed E-state index contributed by atoms with van der Waals surface area (Å²) in [5.41, 5.74) is 7.20. The fourth-order valence-corrected chi connectivity index (χ4v) is 2.89. The van der Waals surface area contributed by atoms with Gasteiger partial charge in [0.2, 0.25) is 10.0 Å². The second kappa shape index (κ2) is 5.43. The molecule has 1 aromatic carbocycles. The molecule has 0 heterocycles. The number of sulfonamides is 1. The quantitative estimate of drug-likeness (QED) is 0.808. The smallest absolute Gasteiger partial charge is 0.216 e. The zero-order chi connectivity index (χ0) is 12.2. The van der Waals surface area contributed by atoms with Crippen LogP contribution < -0.4 is 10.5 Å². The van der Waals surface area contributed by atoms with Crippen LogP contribution in [0.4, 0.5) is 0 Å². The molecule has 0 unspecified atom stereocenters. The van der Waals surface area contributed by atoms with Crippen molar-refractivity contribution in [3.05, 3.63) is 35.4 Å². The van der Waals surface area contributed by atoms with Crippen molar-refractivity contribution in [2.75, 3.05) is 0 Å². The van der Waals surface area contributed by atoms with E-state index in [2.05, 4.69) is 4.72 Å². The van der Waals surface area contributed by atoms with Crippen molar-refractivity contribution in [3.8, 4) is 0 Å². The van der Waals surface area contributed by atoms with Gasteiger partial charge in [0, 0.05) is 12.6 Å². The van der Waals surface area contributed by atoms with Crippen LogP contribution in [0.1, 0.15) is 25.0 Å². The van der Waals surface area contributed by atoms with Crippen molar-refractivity contribution < 1.29 is 8.42 Å². The van der Waals surface area contributed by atoms with Gasteiger partial charge in [0.15, 0.2) is 0 Å². The van der Waals surface area contributed by atoms with Gasteiger partial charge in [-0.15, -0.1) is 0 Å². The molecule has 0 bridgehead atoms. The fourth-order valence-electron chi connectivity index (χ4n) is 1.47. The average Bonchev–Trinajstić information content (AvgIpc) is 2.15. The van der Waals surface area contributed by atoms with Gasteiger partial charge in [0.1, 0.15) is 0 Å². The molecule has 0 atom stereocenters. The Morgan fingerprint density at radius 2 is 1.94 bits per heavy atom. The third kappa shape index (κ3) is 4.30. The molecule has 0 aliphatic rings. The molecule has 5 heteroatoms. The molecule has 0 aliphatic heterocycles. The number of benzene rings is 1. The van der Waals surface area contributed by atoms with Crippen molar-refractivity contribution in [1.82, 2.24) is 4.72 Å². The monoisotopic (exact) mass is 242 g/mol. The molecule has 3 N–H and O–H groups in total. The number of rotatable bonds is 5. The van der Waals surface area contributed by atoms with Crippen LogP contribution in [-0.4, -0.2) is 14.5 Å². The van der Waals surface area contributed by atoms with Crippen LogP contribution in [0.5, 0.6) is 0 Å². The first kappa shape index (κ1) is 13.2. The summed E-state index contributed by atoms with van der Waals surface area (Å²) in [5, 5.41) is 0. The molecule has 0 spiro atoms. The van der Waals surface area contributed by atoms with Crippen molar-refractivity contribution in [3.63, 3.8) is 0 Å². The van der Waals surface area contributed by atoms with E-state index in [0.717, 1.165) is 11.1 Å². The Morgan fingerprint density at radius 3 is 2.50 bits per heavy atom. The number of hydrogen-bond acceptors (Lipinski definition) is 3. The molecule has 0 saturated heterocycles. The lowest BCUT2D eigenvalue weighted by molar-refractivity contribution is 0.569. The summed E-state index contributed by atoms with van der Waals surface area (Å²) in [5.74, 6) is -0.000972. The second-order valence-electron chi connectivity index (χ2n) is 4.06. The van der Waals surface area contributed by atoms with Crippen LogP contribution in [0.3, 0.4) is 0 Å². The maximum absolute atomic E-state index is 11.7. The molecule has 0 saturated carbocycles. The lowest BCUT2D eigenvalue weighted by Gasteiger charge is -2.09. The highest BCUT2D eigenvalue weighted by atomic mass is 32.2. The Hall–Kier alpha value is -0.910. The van der Waals surface area contributed by atoms with Gasteiger partial charge in [0.25, 0.3) is 0 Å². The third-order valence-corrected chi connectivity index (χ3v) is 3.54. The Labute approximate surface area is 96.9 Å². The van der Waals surface area contributed by atoms with Crippen molar-refractivity contribution in [2.45, 2.75) is 32.2 Å². The van der Waals surface area contributed by atoms with Crippen LogP contribution in [-0.2, 0) is 22.3 Å². The number of nitrogens with one attached hydrogen (secondary N) is 1. The molecule has 0 radical (unpaired) electrons. The Morgan fingerprint density at radius 1 is 1.31 bits per heavy atom. The second-order valence-corrected chi connectivity index (χ2v) is 5.81. The predicted octanol–water partition coefficient (Wildman–Crippen LogP) is 0.973. The molecule has 0 aliphatic carbocycles. The van der Waals surface area contributed by atoms with Gasteiger partial charge in [0.05, 0.1) is 5.75 Å². The van der Waals surface area contributed by atoms with E-state index in [0.29, 0.717) is 6.54 Å². The Bertz CT molecular complexity index is 441. The standard InChI is InChI=1S/C11H18N2O2S/c1-9(2)13-16(14,15)8-11-5-3-4-10(6-11)7-12/h3-6,9,13H,7-8,12H2,1-2H3. The van der Waals surface area contributed by atoms with E-state index < -0.39 is 10.0 Å². The molecular formula is C11H18N2O2S. The van der Waals surface area contributed by atoms with Crippen LogP contribution in [0.25, 0.3) is 0 Å². The van der Waals surface area contributed by atoms with Crippen LogP contribution >= 0.6 is 0 Å². The van der Waals surface area contributed by atoms with Crippen LogP contribution in [0.2, 0.25) is 0 Å². The first-order valence-corrected chi connectivity index (χ1v) is 6.86. The van der Waals surface area contributed by atoms with E-state index in [1.807, 2.05) is 18.2 Å². The van der Waals surface area contributed by atoms with Crippen LogP contribution in [0, 0.1) is 0 Å². The predicted molar refractivity (Wildman–Crippen MR) is 65.2 cm³/mol. The SMILES string of the molecule is CC(C)NS(=O)(=O)Cc1cccc(CN)c1. The highest BCUT2D eigenvalue weighted by Crippen LogP contribution is 2.08. The van der Waals surface area contributed by atoms with Gasteiger partial charge in [-0.25, -0.2) is 13.1 Å². The summed E-state index contributed by atoms with van der Waals surface area (Å²) >= 11 is 0. The van der Waals surface area contributed by atoms with Gasteiger partial charge in [-0.2, -0.15) is 0 Å². The summed E-state index contributed by atoms with van der Waals surface area (Å²) < 4.78 is 25.9. The van der Waals surface area contributed by atoms with Gasteiger partial charge in [-0.05, 0) is 25.0 Å². The lowest BCUT2D eigenvalue weighted by atomic mass is 10.1. The lowest BCUT2D eigenvalue weighted by Crippen LogP contribution is -2.31. The van der Waals surface area contributed by atoms with E-state index >= 15 is 0 Å². The normalized spacial score (nSPS) is 12.0. The van der Waals surface area contributed by atoms with E-state index in [1.165, 1.54) is 0 Å². The van der Waals surface area contributed by atoms with Crippen LogP contribution in [0.15, 0.2) is 24.3 Å². The van der Waals surface area contributed by atoms with E-state index in [-0.39, 0.29) is 11.8 Å². The van der Waals surface area contributed by atoms with Gasteiger partial charge < -0.3 is 5.73 Å². The molecule has 0 amide bonds. The Kier molecular flexibility index (Phi) is 4.46. The molecule has 0 fully saturated rings. The zero-order valence-corrected chi connectivity index (χ0v) is 10.4. The van der Waals surface area contributed by atoms with E-state index in [9.17, 15) is 8.42 Å². The summed E-state index contributed by atoms with van der Waals surface area (Å²) in [7, 11) is -3.25. The third-order valence-electron chi connectivity index (χ3n) is 2.00. The fraction of sp³-hybridized carbons (Fsp3) is 0.455. The molecule has 1 aromatic rings. The molecule has 16 heavy (non-hydrogen) atoms. The summed E-state index contributed by atoms with van der Waals surface area (Å²) in [6.45, 7) is 4.02. The minimum Gasteiger partial charge on any atom is -0.326 e.